The van der Waals surface area contributed by atoms with Crippen LogP contribution in [-0.4, -0.2) is 48.6 Å². The average molecular weight is 434 g/mol. The molecule has 0 aromatic carbocycles. The van der Waals surface area contributed by atoms with Crippen molar-refractivity contribution in [1.29, 1.82) is 0 Å². The number of carbonyl (C=O) groups is 3. The van der Waals surface area contributed by atoms with E-state index in [9.17, 15) is 14.4 Å². The van der Waals surface area contributed by atoms with Crippen molar-refractivity contribution in [2.24, 2.45) is 17.8 Å². The number of esters is 2. The molecule has 2 aliphatic carbocycles. The average Bonchev–Trinajstić information content (AvgIpc) is 3.62. The lowest BCUT2D eigenvalue weighted by atomic mass is 10.0. The minimum absolute atomic E-state index is 0.0429. The highest BCUT2D eigenvalue weighted by Crippen LogP contribution is 2.38. The monoisotopic (exact) mass is 433 g/mol. The van der Waals surface area contributed by atoms with Gasteiger partial charge >= 0.3 is 11.9 Å². The van der Waals surface area contributed by atoms with Gasteiger partial charge in [0.2, 0.25) is 5.75 Å². The Morgan fingerprint density at radius 1 is 1.16 bits per heavy atom. The smallest absolute Gasteiger partial charge is 0.309 e. The van der Waals surface area contributed by atoms with Crippen LogP contribution in [-0.2, 0) is 19.1 Å². The highest BCUT2D eigenvalue weighted by molar-refractivity contribution is 5.99. The summed E-state index contributed by atoms with van der Waals surface area (Å²) in [7, 11) is 1.40. The number of aromatic nitrogens is 1. The van der Waals surface area contributed by atoms with E-state index in [1.165, 1.54) is 39.1 Å². The van der Waals surface area contributed by atoms with Crippen LogP contribution in [0.25, 0.3) is 0 Å². The maximum absolute atomic E-state index is 12.8. The van der Waals surface area contributed by atoms with Gasteiger partial charge in [0.15, 0.2) is 17.2 Å². The lowest BCUT2D eigenvalue weighted by Gasteiger charge is -2.25. The van der Waals surface area contributed by atoms with Crippen LogP contribution < -0.4 is 9.47 Å². The normalized spacial score (nSPS) is 18.6. The zero-order chi connectivity index (χ0) is 22.5. The summed E-state index contributed by atoms with van der Waals surface area (Å²) in [6.45, 7) is 5.43. The second-order valence-electron chi connectivity index (χ2n) is 8.53. The molecular weight excluding hydrogens is 402 g/mol. The number of Topliss-reactive ketones (excluding diaryl/α,β-unsaturated/α-hetero) is 1. The highest BCUT2D eigenvalue weighted by atomic mass is 16.6. The Morgan fingerprint density at radius 2 is 1.87 bits per heavy atom. The van der Waals surface area contributed by atoms with Gasteiger partial charge in [-0.25, -0.2) is 4.98 Å². The van der Waals surface area contributed by atoms with E-state index >= 15 is 0 Å². The summed E-state index contributed by atoms with van der Waals surface area (Å²) < 4.78 is 22.0. The molecule has 8 nitrogen and oxygen atoms in total. The number of nitrogens with zero attached hydrogens (tertiary/aromatic N) is 1. The number of ketones is 1. The van der Waals surface area contributed by atoms with Crippen molar-refractivity contribution in [3.05, 3.63) is 18.0 Å². The Kier molecular flexibility index (Phi) is 7.64. The minimum atomic E-state index is -0.684. The van der Waals surface area contributed by atoms with E-state index in [0.29, 0.717) is 11.8 Å². The predicted octanol–water partition coefficient (Wildman–Crippen LogP) is 3.36. The van der Waals surface area contributed by atoms with Crippen LogP contribution in [0, 0.1) is 17.8 Å². The van der Waals surface area contributed by atoms with Crippen molar-refractivity contribution in [2.75, 3.05) is 13.7 Å². The minimum Gasteiger partial charge on any atom is -0.493 e. The fourth-order valence-electron chi connectivity index (χ4n) is 3.47. The second kappa shape index (κ2) is 10.2. The van der Waals surface area contributed by atoms with Gasteiger partial charge in [0.05, 0.1) is 19.1 Å². The topological polar surface area (TPSA) is 101 Å². The molecule has 0 aliphatic heterocycles. The number of carbonyl (C=O) groups excluding carboxylic acids is 3. The second-order valence-corrected chi connectivity index (χ2v) is 8.53. The van der Waals surface area contributed by atoms with Gasteiger partial charge in [-0.1, -0.05) is 6.92 Å². The van der Waals surface area contributed by atoms with Gasteiger partial charge in [-0.05, 0) is 44.4 Å². The number of hydrogen-bond acceptors (Lipinski definition) is 8. The summed E-state index contributed by atoms with van der Waals surface area (Å²) in [5.41, 5.74) is -0.0501. The molecule has 1 aromatic heterocycles. The molecule has 0 amide bonds. The molecule has 0 spiro atoms. The third-order valence-electron chi connectivity index (χ3n) is 5.56. The van der Waals surface area contributed by atoms with Crippen molar-refractivity contribution in [2.45, 2.75) is 65.1 Å². The van der Waals surface area contributed by atoms with Crippen LogP contribution in [0.2, 0.25) is 0 Å². The van der Waals surface area contributed by atoms with Gasteiger partial charge in [0.25, 0.3) is 0 Å². The maximum Gasteiger partial charge on any atom is 0.309 e. The molecular formula is C23H31NO7. The first-order valence-electron chi connectivity index (χ1n) is 10.9. The number of hydrogen-bond donors (Lipinski definition) is 0. The zero-order valence-corrected chi connectivity index (χ0v) is 18.6. The van der Waals surface area contributed by atoms with Gasteiger partial charge < -0.3 is 18.9 Å². The van der Waals surface area contributed by atoms with Crippen molar-refractivity contribution in [3.63, 3.8) is 0 Å². The number of methoxy groups -OCH3 is 1. The van der Waals surface area contributed by atoms with E-state index in [2.05, 4.69) is 4.98 Å². The van der Waals surface area contributed by atoms with Gasteiger partial charge in [-0.15, -0.1) is 0 Å². The molecule has 1 heterocycles. The number of rotatable bonds is 12. The standard InChI is InChI=1S/C23H31NO7/c1-13(11-18(26)20-22(31-15(3)25)19(28-4)9-10-24-20)23(27)30-14(2)21(17-7-8-17)29-12-16-5-6-16/h9-10,13-14,16-17,21H,5-8,11-12H2,1-4H3/t13-,14+,21+/m1/s1. The Morgan fingerprint density at radius 3 is 2.45 bits per heavy atom. The molecule has 2 saturated carbocycles. The van der Waals surface area contributed by atoms with Crippen molar-refractivity contribution in [3.8, 4) is 11.5 Å². The Hall–Kier alpha value is -2.48. The van der Waals surface area contributed by atoms with E-state index < -0.39 is 23.6 Å². The molecule has 0 N–H and O–H groups in total. The van der Waals surface area contributed by atoms with Crippen LogP contribution >= 0.6 is 0 Å². The third kappa shape index (κ3) is 6.50. The fraction of sp³-hybridized carbons (Fsp3) is 0.652. The van der Waals surface area contributed by atoms with Crippen LogP contribution in [0.1, 0.15) is 63.4 Å². The fourth-order valence-corrected chi connectivity index (χ4v) is 3.47. The van der Waals surface area contributed by atoms with Crippen LogP contribution in [0.3, 0.4) is 0 Å². The third-order valence-corrected chi connectivity index (χ3v) is 5.56. The van der Waals surface area contributed by atoms with E-state index in [1.807, 2.05) is 6.92 Å². The zero-order valence-electron chi connectivity index (χ0n) is 18.6. The van der Waals surface area contributed by atoms with E-state index in [0.717, 1.165) is 19.4 Å². The molecule has 2 aliphatic rings. The van der Waals surface area contributed by atoms with Crippen molar-refractivity contribution in [1.82, 2.24) is 4.98 Å². The molecule has 0 radical (unpaired) electrons. The van der Waals surface area contributed by atoms with Gasteiger partial charge in [0.1, 0.15) is 6.10 Å². The molecule has 2 fully saturated rings. The molecule has 3 rings (SSSR count). The van der Waals surface area contributed by atoms with E-state index in [1.54, 1.807) is 6.92 Å². The first-order chi connectivity index (χ1) is 14.8. The number of pyridine rings is 1. The predicted molar refractivity (Wildman–Crippen MR) is 111 cm³/mol. The molecule has 3 atom stereocenters. The highest BCUT2D eigenvalue weighted by Gasteiger charge is 2.39. The molecule has 8 heteroatoms. The number of ether oxygens (including phenoxy) is 4. The summed E-state index contributed by atoms with van der Waals surface area (Å²) in [5, 5.41) is 0. The molecule has 170 valence electrons. The van der Waals surface area contributed by atoms with Crippen molar-refractivity contribution >= 4 is 17.7 Å². The lowest BCUT2D eigenvalue weighted by molar-refractivity contribution is -0.161. The summed E-state index contributed by atoms with van der Waals surface area (Å²) in [5.74, 6) is -0.922. The van der Waals surface area contributed by atoms with Gasteiger partial charge in [0, 0.05) is 32.2 Å². The van der Waals surface area contributed by atoms with Crippen LogP contribution in [0.15, 0.2) is 12.3 Å². The Labute approximate surface area is 182 Å². The van der Waals surface area contributed by atoms with E-state index in [-0.39, 0.29) is 35.8 Å². The van der Waals surface area contributed by atoms with Crippen LogP contribution in [0.4, 0.5) is 0 Å². The molecule has 0 bridgehead atoms. The Balaban J connectivity index is 1.59. The first kappa shape index (κ1) is 23.2. The molecule has 0 unspecified atom stereocenters. The van der Waals surface area contributed by atoms with Gasteiger partial charge in [-0.3, -0.25) is 14.4 Å². The lowest BCUT2D eigenvalue weighted by Crippen LogP contribution is -2.35. The largest absolute Gasteiger partial charge is 0.493 e. The summed E-state index contributed by atoms with van der Waals surface area (Å²) in [4.78, 5) is 40.9. The van der Waals surface area contributed by atoms with Crippen LogP contribution in [0.5, 0.6) is 11.5 Å². The summed E-state index contributed by atoms with van der Waals surface area (Å²) in [6.07, 6.45) is 5.39. The first-order valence-corrected chi connectivity index (χ1v) is 10.9. The SMILES string of the molecule is COc1ccnc(C(=O)C[C@@H](C)C(=O)O[C@@H](C)[C@H](OCC2CC2)C2CC2)c1OC(C)=O. The molecule has 0 saturated heterocycles. The molecule has 1 aromatic rings. The maximum atomic E-state index is 12.8. The van der Waals surface area contributed by atoms with Gasteiger partial charge in [-0.2, -0.15) is 0 Å². The molecule has 31 heavy (non-hydrogen) atoms. The summed E-state index contributed by atoms with van der Waals surface area (Å²) in [6, 6.07) is 1.49. The quantitative estimate of drug-likeness (QED) is 0.365. The summed E-state index contributed by atoms with van der Waals surface area (Å²) >= 11 is 0. The Bertz CT molecular complexity index is 816. The van der Waals surface area contributed by atoms with E-state index in [4.69, 9.17) is 18.9 Å². The van der Waals surface area contributed by atoms with Crippen molar-refractivity contribution < 1.29 is 33.3 Å².